The molecule has 0 amide bonds. The van der Waals surface area contributed by atoms with Gasteiger partial charge in [0.1, 0.15) is 0 Å². The second kappa shape index (κ2) is 6.71. The van der Waals surface area contributed by atoms with Gasteiger partial charge in [-0.1, -0.05) is 30.9 Å². The van der Waals surface area contributed by atoms with Gasteiger partial charge < -0.3 is 5.73 Å². The maximum absolute atomic E-state index is 12.5. The molecule has 1 unspecified atom stereocenters. The van der Waals surface area contributed by atoms with E-state index in [4.69, 9.17) is 5.73 Å². The van der Waals surface area contributed by atoms with Crippen LogP contribution in [0.4, 0.5) is 0 Å². The maximum Gasteiger partial charge on any atom is 0.244 e. The van der Waals surface area contributed by atoms with Gasteiger partial charge in [0.15, 0.2) is 0 Å². The fourth-order valence-corrected chi connectivity index (χ4v) is 3.17. The van der Waals surface area contributed by atoms with Crippen molar-refractivity contribution in [3.8, 4) is 11.8 Å². The first-order valence-corrected chi connectivity index (χ1v) is 7.65. The van der Waals surface area contributed by atoms with E-state index in [2.05, 4.69) is 11.8 Å². The summed E-state index contributed by atoms with van der Waals surface area (Å²) in [5, 5.41) is 0. The first kappa shape index (κ1) is 15.7. The first-order valence-electron chi connectivity index (χ1n) is 6.21. The molecule has 104 valence electrons. The third-order valence-electron chi connectivity index (χ3n) is 3.08. The van der Waals surface area contributed by atoms with Gasteiger partial charge in [0.2, 0.25) is 10.0 Å². The molecule has 1 atom stereocenters. The molecule has 19 heavy (non-hydrogen) atoms. The highest BCUT2D eigenvalue weighted by Gasteiger charge is 2.26. The second-order valence-corrected chi connectivity index (χ2v) is 6.25. The van der Waals surface area contributed by atoms with E-state index >= 15 is 0 Å². The van der Waals surface area contributed by atoms with Crippen LogP contribution in [0.25, 0.3) is 0 Å². The predicted octanol–water partition coefficient (Wildman–Crippen LogP) is 1.42. The van der Waals surface area contributed by atoms with Crippen LogP contribution in [0.5, 0.6) is 0 Å². The zero-order chi connectivity index (χ0) is 14.5. The molecule has 4 nitrogen and oxygen atoms in total. The van der Waals surface area contributed by atoms with Crippen LogP contribution in [0.3, 0.4) is 0 Å². The summed E-state index contributed by atoms with van der Waals surface area (Å²) in [5.74, 6) is 5.50. The van der Waals surface area contributed by atoms with Crippen molar-refractivity contribution < 1.29 is 8.42 Å². The predicted molar refractivity (Wildman–Crippen MR) is 77.1 cm³/mol. The monoisotopic (exact) mass is 280 g/mol. The Hall–Kier alpha value is -1.35. The first-order chi connectivity index (χ1) is 8.95. The van der Waals surface area contributed by atoms with Crippen molar-refractivity contribution >= 4 is 10.0 Å². The number of nitrogens with zero attached hydrogens (tertiary/aromatic N) is 1. The van der Waals surface area contributed by atoms with E-state index in [9.17, 15) is 8.42 Å². The van der Waals surface area contributed by atoms with Gasteiger partial charge in [0, 0.05) is 18.7 Å². The lowest BCUT2D eigenvalue weighted by Crippen LogP contribution is -2.35. The van der Waals surface area contributed by atoms with Gasteiger partial charge in [0.25, 0.3) is 0 Å². The Morgan fingerprint density at radius 3 is 2.58 bits per heavy atom. The van der Waals surface area contributed by atoms with Crippen LogP contribution in [0.15, 0.2) is 29.2 Å². The average molecular weight is 280 g/mol. The van der Waals surface area contributed by atoms with Gasteiger partial charge in [-0.25, -0.2) is 8.42 Å². The Kier molecular flexibility index (Phi) is 5.55. The SMILES string of the molecule is CCC(C)N(C)S(=O)(=O)c1ccccc1C#CCN. The Bertz CT molecular complexity index is 585. The van der Waals surface area contributed by atoms with Crippen molar-refractivity contribution in [3.05, 3.63) is 29.8 Å². The van der Waals surface area contributed by atoms with Crippen molar-refractivity contribution in [2.75, 3.05) is 13.6 Å². The Morgan fingerprint density at radius 1 is 1.37 bits per heavy atom. The molecule has 1 aromatic rings. The zero-order valence-corrected chi connectivity index (χ0v) is 12.4. The largest absolute Gasteiger partial charge is 0.320 e. The van der Waals surface area contributed by atoms with Crippen LogP contribution >= 0.6 is 0 Å². The van der Waals surface area contributed by atoms with Crippen LogP contribution < -0.4 is 5.73 Å². The van der Waals surface area contributed by atoms with Crippen molar-refractivity contribution in [1.29, 1.82) is 0 Å². The van der Waals surface area contributed by atoms with E-state index in [1.807, 2.05) is 13.8 Å². The summed E-state index contributed by atoms with van der Waals surface area (Å²) < 4.78 is 26.5. The third kappa shape index (κ3) is 3.57. The molecule has 0 aliphatic rings. The maximum atomic E-state index is 12.5. The van der Waals surface area contributed by atoms with Crippen LogP contribution in [0.1, 0.15) is 25.8 Å². The van der Waals surface area contributed by atoms with Crippen molar-refractivity contribution in [1.82, 2.24) is 4.31 Å². The molecule has 0 aromatic heterocycles. The summed E-state index contributed by atoms with van der Waals surface area (Å²) >= 11 is 0. The minimum atomic E-state index is -3.52. The molecule has 0 spiro atoms. The molecule has 5 heteroatoms. The molecule has 0 radical (unpaired) electrons. The highest BCUT2D eigenvalue weighted by molar-refractivity contribution is 7.89. The molecule has 0 aliphatic carbocycles. The summed E-state index contributed by atoms with van der Waals surface area (Å²) in [4.78, 5) is 0.235. The van der Waals surface area contributed by atoms with Crippen LogP contribution in [0.2, 0.25) is 0 Å². The molecule has 1 rings (SSSR count). The van der Waals surface area contributed by atoms with E-state index in [0.717, 1.165) is 6.42 Å². The quantitative estimate of drug-likeness (QED) is 0.848. The van der Waals surface area contributed by atoms with Gasteiger partial charge in [-0.15, -0.1) is 0 Å². The second-order valence-electron chi connectivity index (χ2n) is 4.28. The normalized spacial score (nSPS) is 12.9. The highest BCUT2D eigenvalue weighted by atomic mass is 32.2. The zero-order valence-electron chi connectivity index (χ0n) is 11.6. The molecule has 0 fully saturated rings. The fraction of sp³-hybridized carbons (Fsp3) is 0.429. The lowest BCUT2D eigenvalue weighted by Gasteiger charge is -2.23. The molecule has 0 saturated carbocycles. The minimum absolute atomic E-state index is 0.0551. The van der Waals surface area contributed by atoms with E-state index in [1.54, 1.807) is 31.3 Å². The van der Waals surface area contributed by atoms with Crippen LogP contribution in [-0.2, 0) is 10.0 Å². The summed E-state index contributed by atoms with van der Waals surface area (Å²) in [5.41, 5.74) is 5.82. The number of sulfonamides is 1. The Labute approximate surface area is 115 Å². The Morgan fingerprint density at radius 2 is 2.00 bits per heavy atom. The van der Waals surface area contributed by atoms with Gasteiger partial charge in [-0.3, -0.25) is 0 Å². The summed E-state index contributed by atoms with van der Waals surface area (Å²) in [6.07, 6.45) is 0.756. The third-order valence-corrected chi connectivity index (χ3v) is 5.11. The highest BCUT2D eigenvalue weighted by Crippen LogP contribution is 2.21. The molecular formula is C14H20N2O2S. The van der Waals surface area contributed by atoms with E-state index in [0.29, 0.717) is 5.56 Å². The molecule has 0 heterocycles. The molecule has 0 bridgehead atoms. The summed E-state index contributed by atoms with van der Waals surface area (Å²) in [7, 11) is -1.93. The standard InChI is InChI=1S/C14H20N2O2S/c1-4-12(2)16(3)19(17,18)14-10-6-5-8-13(14)9-7-11-15/h5-6,8,10,12H,4,11,15H2,1-3H3. The smallest absolute Gasteiger partial charge is 0.244 e. The summed E-state index contributed by atoms with van der Waals surface area (Å²) in [6.45, 7) is 4.04. The van der Waals surface area contributed by atoms with Crippen LogP contribution in [0, 0.1) is 11.8 Å². The van der Waals surface area contributed by atoms with Gasteiger partial charge in [0.05, 0.1) is 11.4 Å². The molecular weight excluding hydrogens is 260 g/mol. The van der Waals surface area contributed by atoms with E-state index < -0.39 is 10.0 Å². The number of nitrogens with two attached hydrogens (primary N) is 1. The number of hydrogen-bond donors (Lipinski definition) is 1. The molecule has 1 aromatic carbocycles. The fourth-order valence-electron chi connectivity index (χ4n) is 1.59. The number of rotatable bonds is 4. The Balaban J connectivity index is 3.29. The average Bonchev–Trinajstić information content (AvgIpc) is 2.43. The lowest BCUT2D eigenvalue weighted by atomic mass is 10.2. The molecule has 0 saturated heterocycles. The van der Waals surface area contributed by atoms with Crippen molar-refractivity contribution in [3.63, 3.8) is 0 Å². The summed E-state index contributed by atoms with van der Waals surface area (Å²) in [6, 6.07) is 6.68. The van der Waals surface area contributed by atoms with Crippen LogP contribution in [-0.4, -0.2) is 32.4 Å². The van der Waals surface area contributed by atoms with Gasteiger partial charge in [-0.2, -0.15) is 4.31 Å². The number of hydrogen-bond acceptors (Lipinski definition) is 3. The van der Waals surface area contributed by atoms with E-state index in [-0.39, 0.29) is 17.5 Å². The van der Waals surface area contributed by atoms with Crippen molar-refractivity contribution in [2.24, 2.45) is 5.73 Å². The van der Waals surface area contributed by atoms with E-state index in [1.165, 1.54) is 4.31 Å². The topological polar surface area (TPSA) is 63.4 Å². The minimum Gasteiger partial charge on any atom is -0.320 e. The van der Waals surface area contributed by atoms with Gasteiger partial charge in [-0.05, 0) is 25.5 Å². The molecule has 0 aliphatic heterocycles. The molecule has 2 N–H and O–H groups in total. The lowest BCUT2D eigenvalue weighted by molar-refractivity contribution is 0.380. The number of benzene rings is 1. The van der Waals surface area contributed by atoms with Gasteiger partial charge >= 0.3 is 0 Å². The van der Waals surface area contributed by atoms with Crippen molar-refractivity contribution in [2.45, 2.75) is 31.2 Å².